The summed E-state index contributed by atoms with van der Waals surface area (Å²) < 4.78 is 5.12. The standard InChI is InChI=1S/C26H28N2O5/c29-23(18-8-4-3-5-9-18)17-33-26(32)19-12-14-21(15-13-19)28-24(30)16-22(25(28)31)27-20-10-6-1-2-7-11-20/h3-5,8-9,12-15,20,22,27H,1-2,6-7,10-11,16-17H2. The highest BCUT2D eigenvalue weighted by atomic mass is 16.5. The second-order valence-electron chi connectivity index (χ2n) is 8.59. The van der Waals surface area contributed by atoms with E-state index < -0.39 is 12.0 Å². The van der Waals surface area contributed by atoms with Gasteiger partial charge in [0.1, 0.15) is 0 Å². The number of amides is 2. The van der Waals surface area contributed by atoms with E-state index in [1.54, 1.807) is 42.5 Å². The molecule has 1 aliphatic carbocycles. The summed E-state index contributed by atoms with van der Waals surface area (Å²) in [5, 5.41) is 3.39. The van der Waals surface area contributed by atoms with Crippen LogP contribution < -0.4 is 10.2 Å². The van der Waals surface area contributed by atoms with E-state index in [-0.39, 0.29) is 42.2 Å². The third-order valence-electron chi connectivity index (χ3n) is 6.23. The molecular formula is C26H28N2O5. The number of ether oxygens (including phenoxy) is 1. The third-order valence-corrected chi connectivity index (χ3v) is 6.23. The summed E-state index contributed by atoms with van der Waals surface area (Å²) in [5.74, 6) is -1.44. The molecule has 2 aliphatic rings. The molecule has 1 saturated carbocycles. The highest BCUT2D eigenvalue weighted by molar-refractivity contribution is 6.22. The van der Waals surface area contributed by atoms with Crippen molar-refractivity contribution >= 4 is 29.3 Å². The third kappa shape index (κ3) is 5.54. The van der Waals surface area contributed by atoms with Gasteiger partial charge in [0.2, 0.25) is 5.91 Å². The Kier molecular flexibility index (Phi) is 7.29. The van der Waals surface area contributed by atoms with Crippen molar-refractivity contribution in [3.05, 3.63) is 65.7 Å². The lowest BCUT2D eigenvalue weighted by Gasteiger charge is -2.21. The molecule has 1 saturated heterocycles. The monoisotopic (exact) mass is 448 g/mol. The van der Waals surface area contributed by atoms with Crippen LogP contribution in [0, 0.1) is 0 Å². The van der Waals surface area contributed by atoms with Crippen LogP contribution in [0.25, 0.3) is 0 Å². The van der Waals surface area contributed by atoms with Crippen molar-refractivity contribution in [3.63, 3.8) is 0 Å². The first-order valence-corrected chi connectivity index (χ1v) is 11.5. The highest BCUT2D eigenvalue weighted by Gasteiger charge is 2.40. The number of imide groups is 1. The number of hydrogen-bond donors (Lipinski definition) is 1. The second kappa shape index (κ2) is 10.5. The summed E-state index contributed by atoms with van der Waals surface area (Å²) in [4.78, 5) is 51.1. The zero-order valence-electron chi connectivity index (χ0n) is 18.5. The number of Topliss-reactive ketones (excluding diaryl/α,β-unsaturated/α-hetero) is 1. The van der Waals surface area contributed by atoms with Crippen molar-refractivity contribution in [2.75, 3.05) is 11.5 Å². The minimum Gasteiger partial charge on any atom is -0.454 e. The molecule has 172 valence electrons. The molecule has 7 heteroatoms. The van der Waals surface area contributed by atoms with Crippen LogP contribution >= 0.6 is 0 Å². The van der Waals surface area contributed by atoms with Gasteiger partial charge in [0.25, 0.3) is 5.91 Å². The average Bonchev–Trinajstić information content (AvgIpc) is 2.99. The molecule has 0 aromatic heterocycles. The van der Waals surface area contributed by atoms with E-state index in [9.17, 15) is 19.2 Å². The van der Waals surface area contributed by atoms with Crippen LogP contribution in [0.2, 0.25) is 0 Å². The molecule has 2 aromatic rings. The Morgan fingerprint density at radius 2 is 1.55 bits per heavy atom. The summed E-state index contributed by atoms with van der Waals surface area (Å²) in [5.41, 5.74) is 1.14. The normalized spacial score (nSPS) is 19.4. The molecule has 0 spiro atoms. The molecule has 33 heavy (non-hydrogen) atoms. The van der Waals surface area contributed by atoms with Crippen molar-refractivity contribution in [1.82, 2.24) is 5.32 Å². The Labute approximate surface area is 193 Å². The highest BCUT2D eigenvalue weighted by Crippen LogP contribution is 2.25. The van der Waals surface area contributed by atoms with Gasteiger partial charge in [-0.2, -0.15) is 0 Å². The lowest BCUT2D eigenvalue weighted by atomic mass is 10.1. The number of nitrogens with zero attached hydrogens (tertiary/aromatic N) is 1. The van der Waals surface area contributed by atoms with E-state index in [1.165, 1.54) is 29.9 Å². The Bertz CT molecular complexity index is 1010. The Hall–Kier alpha value is -3.32. The number of nitrogens with one attached hydrogen (secondary N) is 1. The quantitative estimate of drug-likeness (QED) is 0.301. The van der Waals surface area contributed by atoms with Gasteiger partial charge in [-0.25, -0.2) is 9.69 Å². The van der Waals surface area contributed by atoms with Gasteiger partial charge >= 0.3 is 5.97 Å². The van der Waals surface area contributed by atoms with Crippen LogP contribution in [-0.2, 0) is 14.3 Å². The maximum atomic E-state index is 12.9. The Morgan fingerprint density at radius 3 is 2.21 bits per heavy atom. The zero-order valence-corrected chi connectivity index (χ0v) is 18.5. The van der Waals surface area contributed by atoms with E-state index in [4.69, 9.17) is 4.74 Å². The van der Waals surface area contributed by atoms with Gasteiger partial charge in [0.05, 0.1) is 23.7 Å². The van der Waals surface area contributed by atoms with Gasteiger partial charge in [-0.1, -0.05) is 56.0 Å². The van der Waals surface area contributed by atoms with E-state index in [0.717, 1.165) is 25.7 Å². The first-order valence-electron chi connectivity index (χ1n) is 11.5. The summed E-state index contributed by atoms with van der Waals surface area (Å²) in [6.45, 7) is -0.359. The van der Waals surface area contributed by atoms with E-state index in [2.05, 4.69) is 5.32 Å². The van der Waals surface area contributed by atoms with Gasteiger partial charge in [-0.15, -0.1) is 0 Å². The number of carbonyl (C=O) groups excluding carboxylic acids is 4. The fraction of sp³-hybridized carbons (Fsp3) is 0.385. The van der Waals surface area contributed by atoms with Crippen LogP contribution in [0.5, 0.6) is 0 Å². The van der Waals surface area contributed by atoms with E-state index >= 15 is 0 Å². The van der Waals surface area contributed by atoms with Crippen LogP contribution in [0.1, 0.15) is 65.7 Å². The molecule has 1 unspecified atom stereocenters. The summed E-state index contributed by atoms with van der Waals surface area (Å²) >= 11 is 0. The van der Waals surface area contributed by atoms with Gasteiger partial charge in [0.15, 0.2) is 12.4 Å². The van der Waals surface area contributed by atoms with Crippen LogP contribution in [-0.4, -0.2) is 42.3 Å². The largest absolute Gasteiger partial charge is 0.454 e. The SMILES string of the molecule is O=C(COC(=O)c1ccc(N2C(=O)CC(NC3CCCCCC3)C2=O)cc1)c1ccccc1. The molecule has 1 N–H and O–H groups in total. The molecule has 2 fully saturated rings. The maximum Gasteiger partial charge on any atom is 0.338 e. The number of carbonyl (C=O) groups is 4. The topological polar surface area (TPSA) is 92.8 Å². The van der Waals surface area contributed by atoms with Crippen molar-refractivity contribution in [2.24, 2.45) is 0 Å². The molecule has 7 nitrogen and oxygen atoms in total. The fourth-order valence-electron chi connectivity index (χ4n) is 4.43. The zero-order chi connectivity index (χ0) is 23.2. The number of anilines is 1. The number of ketones is 1. The summed E-state index contributed by atoms with van der Waals surface area (Å²) in [6.07, 6.45) is 6.92. The molecular weight excluding hydrogens is 420 g/mol. The lowest BCUT2D eigenvalue weighted by Crippen LogP contribution is -2.43. The predicted octanol–water partition coefficient (Wildman–Crippen LogP) is 3.67. The van der Waals surface area contributed by atoms with Crippen molar-refractivity contribution < 1.29 is 23.9 Å². The molecule has 4 rings (SSSR count). The van der Waals surface area contributed by atoms with Crippen LogP contribution in [0.3, 0.4) is 0 Å². The maximum absolute atomic E-state index is 12.9. The molecule has 0 radical (unpaired) electrons. The predicted molar refractivity (Wildman–Crippen MR) is 123 cm³/mol. The molecule has 0 bridgehead atoms. The number of esters is 1. The second-order valence-corrected chi connectivity index (χ2v) is 8.59. The fourth-order valence-corrected chi connectivity index (χ4v) is 4.43. The minimum atomic E-state index is -0.641. The van der Waals surface area contributed by atoms with Crippen LogP contribution in [0.4, 0.5) is 5.69 Å². The van der Waals surface area contributed by atoms with Crippen LogP contribution in [0.15, 0.2) is 54.6 Å². The first-order chi connectivity index (χ1) is 16.0. The Morgan fingerprint density at radius 1 is 0.879 bits per heavy atom. The van der Waals surface area contributed by atoms with E-state index in [1.807, 2.05) is 0 Å². The smallest absolute Gasteiger partial charge is 0.338 e. The summed E-state index contributed by atoms with van der Waals surface area (Å²) in [7, 11) is 0. The molecule has 1 aliphatic heterocycles. The van der Waals surface area contributed by atoms with Gasteiger partial charge in [0, 0.05) is 11.6 Å². The molecule has 1 heterocycles. The number of benzene rings is 2. The van der Waals surface area contributed by atoms with Crippen molar-refractivity contribution in [3.8, 4) is 0 Å². The summed E-state index contributed by atoms with van der Waals surface area (Å²) in [6, 6.07) is 14.5. The van der Waals surface area contributed by atoms with Gasteiger partial charge < -0.3 is 10.1 Å². The number of hydrogen-bond acceptors (Lipinski definition) is 6. The molecule has 2 aromatic carbocycles. The number of rotatable bonds is 7. The molecule has 1 atom stereocenters. The van der Waals surface area contributed by atoms with Crippen molar-refractivity contribution in [1.29, 1.82) is 0 Å². The Balaban J connectivity index is 1.35. The minimum absolute atomic E-state index is 0.140. The first kappa shape index (κ1) is 22.9. The molecule has 2 amide bonds. The van der Waals surface area contributed by atoms with Crippen molar-refractivity contribution in [2.45, 2.75) is 57.0 Å². The van der Waals surface area contributed by atoms with Gasteiger partial charge in [-0.3, -0.25) is 14.4 Å². The van der Waals surface area contributed by atoms with Gasteiger partial charge in [-0.05, 0) is 37.1 Å². The average molecular weight is 449 g/mol. The van der Waals surface area contributed by atoms with E-state index in [0.29, 0.717) is 11.3 Å². The lowest BCUT2D eigenvalue weighted by molar-refractivity contribution is -0.121.